The Hall–Kier alpha value is -3.51. The maximum absolute atomic E-state index is 12.4. The highest BCUT2D eigenvalue weighted by Crippen LogP contribution is 2.21. The van der Waals surface area contributed by atoms with Gasteiger partial charge in [0, 0.05) is 23.7 Å². The van der Waals surface area contributed by atoms with Crippen LogP contribution in [0.15, 0.2) is 72.8 Å². The number of nitro benzene ring substituents is 1. The highest BCUT2D eigenvalue weighted by Gasteiger charge is 2.17. The molecule has 3 aromatic carbocycles. The summed E-state index contributed by atoms with van der Waals surface area (Å²) in [5, 5.41) is 13.8. The highest BCUT2D eigenvalue weighted by atomic mass is 16.6. The second-order valence-corrected chi connectivity index (χ2v) is 6.68. The lowest BCUT2D eigenvalue weighted by molar-refractivity contribution is -0.385. The highest BCUT2D eigenvalue weighted by molar-refractivity contribution is 5.96. The number of rotatable bonds is 8. The molecule has 0 aromatic heterocycles. The fourth-order valence-corrected chi connectivity index (χ4v) is 2.96. The lowest BCUT2D eigenvalue weighted by Gasteiger charge is -2.09. The zero-order valence-corrected chi connectivity index (χ0v) is 16.1. The molecule has 6 nitrogen and oxygen atoms in total. The van der Waals surface area contributed by atoms with Crippen molar-refractivity contribution in [2.45, 2.75) is 26.7 Å². The Bertz CT molecular complexity index is 986. The van der Waals surface area contributed by atoms with Crippen LogP contribution in [0.4, 0.5) is 5.69 Å². The van der Waals surface area contributed by atoms with Crippen molar-refractivity contribution >= 4 is 11.6 Å². The predicted octanol–water partition coefficient (Wildman–Crippen LogP) is 4.55. The molecular weight excluding hydrogens is 368 g/mol. The third-order valence-corrected chi connectivity index (χ3v) is 4.60. The summed E-state index contributed by atoms with van der Waals surface area (Å²) in [6, 6.07) is 22.3. The molecule has 0 atom stereocenters. The average molecular weight is 390 g/mol. The summed E-state index contributed by atoms with van der Waals surface area (Å²) in [4.78, 5) is 22.9. The van der Waals surface area contributed by atoms with Gasteiger partial charge in [-0.15, -0.1) is 0 Å². The molecule has 1 amide bonds. The van der Waals surface area contributed by atoms with Crippen LogP contribution < -0.4 is 5.32 Å². The number of carbonyl (C=O) groups is 1. The molecule has 0 aliphatic heterocycles. The number of nitro groups is 1. The van der Waals surface area contributed by atoms with E-state index in [2.05, 4.69) is 5.32 Å². The van der Waals surface area contributed by atoms with Crippen LogP contribution in [-0.4, -0.2) is 10.8 Å². The molecule has 29 heavy (non-hydrogen) atoms. The molecule has 0 radical (unpaired) electrons. The maximum atomic E-state index is 12.4. The van der Waals surface area contributed by atoms with Crippen molar-refractivity contribution in [3.63, 3.8) is 0 Å². The fourth-order valence-electron chi connectivity index (χ4n) is 2.96. The van der Waals surface area contributed by atoms with Crippen LogP contribution in [0.1, 0.15) is 32.6 Å². The van der Waals surface area contributed by atoms with Gasteiger partial charge < -0.3 is 10.1 Å². The van der Waals surface area contributed by atoms with E-state index in [0.717, 1.165) is 16.7 Å². The molecule has 0 heterocycles. The predicted molar refractivity (Wildman–Crippen MR) is 110 cm³/mol. The SMILES string of the molecule is Cc1c(C(=O)NCc2ccc(COCc3ccccc3)cc2)cccc1[N+](=O)[O-]. The van der Waals surface area contributed by atoms with E-state index in [9.17, 15) is 14.9 Å². The van der Waals surface area contributed by atoms with Crippen LogP contribution >= 0.6 is 0 Å². The van der Waals surface area contributed by atoms with Gasteiger partial charge in [0.1, 0.15) is 0 Å². The first kappa shape index (κ1) is 20.2. The van der Waals surface area contributed by atoms with Gasteiger partial charge in [0.25, 0.3) is 11.6 Å². The lowest BCUT2D eigenvalue weighted by atomic mass is 10.1. The van der Waals surface area contributed by atoms with Gasteiger partial charge in [-0.05, 0) is 29.7 Å². The second kappa shape index (κ2) is 9.61. The lowest BCUT2D eigenvalue weighted by Crippen LogP contribution is -2.23. The molecule has 148 valence electrons. The molecule has 3 rings (SSSR count). The smallest absolute Gasteiger partial charge is 0.273 e. The summed E-state index contributed by atoms with van der Waals surface area (Å²) in [6.07, 6.45) is 0. The van der Waals surface area contributed by atoms with Gasteiger partial charge in [0.05, 0.1) is 18.1 Å². The molecule has 1 N–H and O–H groups in total. The van der Waals surface area contributed by atoms with Gasteiger partial charge in [-0.25, -0.2) is 0 Å². The van der Waals surface area contributed by atoms with Crippen LogP contribution in [0.3, 0.4) is 0 Å². The summed E-state index contributed by atoms with van der Waals surface area (Å²) in [6.45, 7) is 2.99. The van der Waals surface area contributed by atoms with Gasteiger partial charge in [-0.2, -0.15) is 0 Å². The van der Waals surface area contributed by atoms with Crippen molar-refractivity contribution in [3.8, 4) is 0 Å². The topological polar surface area (TPSA) is 81.5 Å². The Kier molecular flexibility index (Phi) is 6.71. The van der Waals surface area contributed by atoms with Crippen LogP contribution in [0.2, 0.25) is 0 Å². The minimum Gasteiger partial charge on any atom is -0.372 e. The molecule has 3 aromatic rings. The Morgan fingerprint density at radius 2 is 1.52 bits per heavy atom. The largest absolute Gasteiger partial charge is 0.372 e. The molecule has 0 bridgehead atoms. The first-order valence-corrected chi connectivity index (χ1v) is 9.26. The monoisotopic (exact) mass is 390 g/mol. The molecule has 0 unspecified atom stereocenters. The summed E-state index contributed by atoms with van der Waals surface area (Å²) < 4.78 is 5.72. The van der Waals surface area contributed by atoms with E-state index in [1.165, 1.54) is 12.1 Å². The van der Waals surface area contributed by atoms with Crippen LogP contribution in [0.25, 0.3) is 0 Å². The van der Waals surface area contributed by atoms with E-state index >= 15 is 0 Å². The number of hydrogen-bond donors (Lipinski definition) is 1. The fraction of sp³-hybridized carbons (Fsp3) is 0.174. The van der Waals surface area contributed by atoms with Gasteiger partial charge >= 0.3 is 0 Å². The number of carbonyl (C=O) groups excluding carboxylic acids is 1. The van der Waals surface area contributed by atoms with Gasteiger partial charge in [0.15, 0.2) is 0 Å². The van der Waals surface area contributed by atoms with E-state index in [1.807, 2.05) is 54.6 Å². The van der Waals surface area contributed by atoms with Crippen molar-refractivity contribution in [1.29, 1.82) is 0 Å². The van der Waals surface area contributed by atoms with E-state index in [-0.39, 0.29) is 11.6 Å². The Morgan fingerprint density at radius 3 is 2.17 bits per heavy atom. The third-order valence-electron chi connectivity index (χ3n) is 4.60. The van der Waals surface area contributed by atoms with Crippen LogP contribution in [-0.2, 0) is 24.5 Å². The summed E-state index contributed by atoms with van der Waals surface area (Å²) >= 11 is 0. The molecule has 0 aliphatic carbocycles. The van der Waals surface area contributed by atoms with Gasteiger partial charge in [-0.3, -0.25) is 14.9 Å². The average Bonchev–Trinajstić information content (AvgIpc) is 2.73. The van der Waals surface area contributed by atoms with E-state index in [0.29, 0.717) is 30.9 Å². The molecule has 0 saturated carbocycles. The quantitative estimate of drug-likeness (QED) is 0.452. The second-order valence-electron chi connectivity index (χ2n) is 6.68. The van der Waals surface area contributed by atoms with E-state index in [1.54, 1.807) is 13.0 Å². The molecular formula is C23H22N2O4. The zero-order chi connectivity index (χ0) is 20.6. The molecule has 0 saturated heterocycles. The standard InChI is InChI=1S/C23H22N2O4/c1-17-21(8-5-9-22(17)25(27)28)23(26)24-14-18-10-12-20(13-11-18)16-29-15-19-6-3-2-4-7-19/h2-13H,14-16H2,1H3,(H,24,26). The van der Waals surface area contributed by atoms with E-state index in [4.69, 9.17) is 4.74 Å². The number of amides is 1. The number of benzene rings is 3. The van der Waals surface area contributed by atoms with Crippen molar-refractivity contribution < 1.29 is 14.5 Å². The number of nitrogens with zero attached hydrogens (tertiary/aromatic N) is 1. The summed E-state index contributed by atoms with van der Waals surface area (Å²) in [5.41, 5.74) is 3.73. The Labute approximate surface area is 169 Å². The molecule has 0 spiro atoms. The van der Waals surface area contributed by atoms with Gasteiger partial charge in [-0.1, -0.05) is 60.7 Å². The van der Waals surface area contributed by atoms with Crippen molar-refractivity contribution in [3.05, 3.63) is 111 Å². The first-order chi connectivity index (χ1) is 14.0. The summed E-state index contributed by atoms with van der Waals surface area (Å²) in [5.74, 6) is -0.332. The normalized spacial score (nSPS) is 10.5. The number of ether oxygens (including phenoxy) is 1. The minimum atomic E-state index is -0.481. The maximum Gasteiger partial charge on any atom is 0.273 e. The first-order valence-electron chi connectivity index (χ1n) is 9.26. The van der Waals surface area contributed by atoms with Crippen LogP contribution in [0.5, 0.6) is 0 Å². The number of hydrogen-bond acceptors (Lipinski definition) is 4. The van der Waals surface area contributed by atoms with Gasteiger partial charge in [0.2, 0.25) is 0 Å². The van der Waals surface area contributed by atoms with Crippen molar-refractivity contribution in [1.82, 2.24) is 5.32 Å². The van der Waals surface area contributed by atoms with Crippen LogP contribution in [0, 0.1) is 17.0 Å². The Morgan fingerprint density at radius 1 is 0.897 bits per heavy atom. The zero-order valence-electron chi connectivity index (χ0n) is 16.1. The molecule has 6 heteroatoms. The number of nitrogens with one attached hydrogen (secondary N) is 1. The Balaban J connectivity index is 1.52. The van der Waals surface area contributed by atoms with Crippen molar-refractivity contribution in [2.75, 3.05) is 0 Å². The molecule has 0 aliphatic rings. The minimum absolute atomic E-state index is 0.0579. The molecule has 0 fully saturated rings. The summed E-state index contributed by atoms with van der Waals surface area (Å²) in [7, 11) is 0. The van der Waals surface area contributed by atoms with Crippen molar-refractivity contribution in [2.24, 2.45) is 0 Å². The van der Waals surface area contributed by atoms with E-state index < -0.39 is 4.92 Å². The third kappa shape index (κ3) is 5.49.